The second-order valence-electron chi connectivity index (χ2n) is 12.2. The van der Waals surface area contributed by atoms with Gasteiger partial charge < -0.3 is 59.3 Å². The number of likely N-dealkylation sites (tertiary alicyclic amines) is 1. The molecule has 0 spiro atoms. The molecule has 1 saturated heterocycles. The summed E-state index contributed by atoms with van der Waals surface area (Å²) < 4.78 is 0. The van der Waals surface area contributed by atoms with E-state index in [1.807, 2.05) is 0 Å². The van der Waals surface area contributed by atoms with Gasteiger partial charge in [0, 0.05) is 19.5 Å². The number of carbonyl (C=O) groups is 8. The zero-order valence-corrected chi connectivity index (χ0v) is 28.0. The summed E-state index contributed by atoms with van der Waals surface area (Å²) in [7, 11) is 0. The normalized spacial score (nSPS) is 17.1. The number of primary amides is 1. The zero-order valence-electron chi connectivity index (χ0n) is 28.0. The lowest BCUT2D eigenvalue weighted by Gasteiger charge is -2.29. The average Bonchev–Trinajstić information content (AvgIpc) is 3.50. The van der Waals surface area contributed by atoms with Crippen LogP contribution in [0.15, 0.2) is 4.99 Å². The van der Waals surface area contributed by atoms with E-state index >= 15 is 0 Å². The summed E-state index contributed by atoms with van der Waals surface area (Å²) in [5.41, 5.74) is 21.7. The number of nitrogens with zero attached hydrogens (tertiary/aromatic N) is 2. The minimum absolute atomic E-state index is 0.0594. The van der Waals surface area contributed by atoms with Gasteiger partial charge in [-0.25, -0.2) is 4.79 Å². The van der Waals surface area contributed by atoms with Crippen molar-refractivity contribution in [3.8, 4) is 0 Å². The maximum atomic E-state index is 13.4. The van der Waals surface area contributed by atoms with Crippen molar-refractivity contribution in [2.24, 2.45) is 33.8 Å². The first-order chi connectivity index (χ1) is 22.8. The number of aliphatic carboxylic acids is 2. The van der Waals surface area contributed by atoms with Crippen molar-refractivity contribution in [1.29, 1.82) is 0 Å². The molecular formula is C29H50N10O10. The van der Waals surface area contributed by atoms with Crippen molar-refractivity contribution in [2.45, 2.75) is 108 Å². The highest BCUT2D eigenvalue weighted by Gasteiger charge is 2.38. The maximum absolute atomic E-state index is 13.4. The van der Waals surface area contributed by atoms with E-state index in [1.165, 1.54) is 11.8 Å². The molecule has 1 aliphatic rings. The predicted octanol–water partition coefficient (Wildman–Crippen LogP) is -3.81. The van der Waals surface area contributed by atoms with Crippen LogP contribution in [0.1, 0.15) is 72.1 Å². The van der Waals surface area contributed by atoms with Crippen molar-refractivity contribution in [3.63, 3.8) is 0 Å². The molecule has 6 atom stereocenters. The molecule has 1 aliphatic heterocycles. The van der Waals surface area contributed by atoms with E-state index in [0.717, 1.165) is 0 Å². The zero-order chi connectivity index (χ0) is 37.4. The van der Waals surface area contributed by atoms with Crippen LogP contribution in [0.4, 0.5) is 0 Å². The van der Waals surface area contributed by atoms with E-state index in [0.29, 0.717) is 6.42 Å². The second-order valence-corrected chi connectivity index (χ2v) is 12.2. The molecule has 20 nitrogen and oxygen atoms in total. The highest BCUT2D eigenvalue weighted by molar-refractivity contribution is 5.97. The summed E-state index contributed by atoms with van der Waals surface area (Å²) in [5, 5.41) is 28.2. The Morgan fingerprint density at radius 3 is 1.96 bits per heavy atom. The van der Waals surface area contributed by atoms with Crippen LogP contribution in [-0.2, 0) is 38.4 Å². The van der Waals surface area contributed by atoms with Crippen LogP contribution in [0.25, 0.3) is 0 Å². The van der Waals surface area contributed by atoms with Gasteiger partial charge in [0.2, 0.25) is 35.4 Å². The Morgan fingerprint density at radius 2 is 1.41 bits per heavy atom. The fourth-order valence-corrected chi connectivity index (χ4v) is 5.00. The fraction of sp³-hybridized carbons (Fsp3) is 0.690. The van der Waals surface area contributed by atoms with Crippen LogP contribution in [0, 0.1) is 5.92 Å². The predicted molar refractivity (Wildman–Crippen MR) is 174 cm³/mol. The number of carboxylic acid groups (broad SMARTS) is 2. The number of guanidine groups is 1. The number of carbonyl (C=O) groups excluding carboxylic acids is 6. The summed E-state index contributed by atoms with van der Waals surface area (Å²) in [4.78, 5) is 105. The third kappa shape index (κ3) is 15.2. The first kappa shape index (κ1) is 42.0. The van der Waals surface area contributed by atoms with E-state index in [1.54, 1.807) is 13.8 Å². The van der Waals surface area contributed by atoms with Crippen LogP contribution >= 0.6 is 0 Å². The van der Waals surface area contributed by atoms with Gasteiger partial charge in [-0.05, 0) is 51.4 Å². The van der Waals surface area contributed by atoms with E-state index in [9.17, 15) is 43.5 Å². The molecule has 0 unspecified atom stereocenters. The van der Waals surface area contributed by atoms with Gasteiger partial charge in [0.15, 0.2) is 5.96 Å². The first-order valence-corrected chi connectivity index (χ1v) is 15.9. The molecule has 6 amide bonds. The van der Waals surface area contributed by atoms with Crippen molar-refractivity contribution in [3.05, 3.63) is 0 Å². The minimum atomic E-state index is -1.55. The van der Waals surface area contributed by atoms with Gasteiger partial charge in [-0.15, -0.1) is 0 Å². The van der Waals surface area contributed by atoms with Crippen LogP contribution in [0.5, 0.6) is 0 Å². The quantitative estimate of drug-likeness (QED) is 0.0313. The van der Waals surface area contributed by atoms with Gasteiger partial charge in [-0.1, -0.05) is 13.8 Å². The van der Waals surface area contributed by atoms with Gasteiger partial charge in [-0.3, -0.25) is 38.6 Å². The molecule has 49 heavy (non-hydrogen) atoms. The Morgan fingerprint density at radius 1 is 0.816 bits per heavy atom. The summed E-state index contributed by atoms with van der Waals surface area (Å²) in [6.45, 7) is 5.18. The second kappa shape index (κ2) is 20.4. The molecule has 276 valence electrons. The monoisotopic (exact) mass is 698 g/mol. The Labute approximate surface area is 283 Å². The lowest BCUT2D eigenvalue weighted by molar-refractivity contribution is -0.149. The Balaban J connectivity index is 3.07. The molecular weight excluding hydrogens is 648 g/mol. The lowest BCUT2D eigenvalue weighted by atomic mass is 10.0. The van der Waals surface area contributed by atoms with Gasteiger partial charge in [0.1, 0.15) is 30.2 Å². The molecule has 1 fully saturated rings. The number of rotatable bonds is 21. The topological polar surface area (TPSA) is 345 Å². The Hall–Kier alpha value is -5.01. The van der Waals surface area contributed by atoms with Crippen molar-refractivity contribution < 1.29 is 48.6 Å². The molecule has 0 aromatic heterocycles. The molecule has 14 N–H and O–H groups in total. The SMILES string of the molecule is CC(C)C[C@H](NC(=O)[C@H](CC(N)=O)NC(=O)[C@@H](N)CCC(=O)O)C(=O)N[C@@H](C)C(=O)N[C@@H](CCCN=C(N)N)C(=O)N1CCC[C@H]1C(=O)O. The smallest absolute Gasteiger partial charge is 0.326 e. The number of nitrogens with two attached hydrogens (primary N) is 4. The van der Waals surface area contributed by atoms with Gasteiger partial charge >= 0.3 is 11.9 Å². The van der Waals surface area contributed by atoms with E-state index in [2.05, 4.69) is 26.3 Å². The molecule has 20 heteroatoms. The molecule has 1 heterocycles. The molecule has 0 aliphatic carbocycles. The number of aliphatic imine (C=N–C) groups is 1. The van der Waals surface area contributed by atoms with Crippen molar-refractivity contribution in [1.82, 2.24) is 26.2 Å². The number of hydrogen-bond donors (Lipinski definition) is 10. The minimum Gasteiger partial charge on any atom is -0.481 e. The Bertz CT molecular complexity index is 1260. The average molecular weight is 699 g/mol. The molecule has 0 aromatic carbocycles. The molecule has 0 aromatic rings. The number of amides is 6. The lowest BCUT2D eigenvalue weighted by Crippen LogP contribution is -2.59. The third-order valence-corrected chi connectivity index (χ3v) is 7.52. The van der Waals surface area contributed by atoms with Gasteiger partial charge in [0.05, 0.1) is 12.5 Å². The highest BCUT2D eigenvalue weighted by Crippen LogP contribution is 2.20. The third-order valence-electron chi connectivity index (χ3n) is 7.52. The molecule has 0 radical (unpaired) electrons. The van der Waals surface area contributed by atoms with Gasteiger partial charge in [-0.2, -0.15) is 0 Å². The maximum Gasteiger partial charge on any atom is 0.326 e. The van der Waals surface area contributed by atoms with Crippen molar-refractivity contribution >= 4 is 53.3 Å². The van der Waals surface area contributed by atoms with E-state index < -0.39 is 96.5 Å². The summed E-state index contributed by atoms with van der Waals surface area (Å²) in [6.07, 6.45) is -0.209. The highest BCUT2D eigenvalue weighted by atomic mass is 16.4. The summed E-state index contributed by atoms with van der Waals surface area (Å²) in [5.74, 6) is -7.71. The van der Waals surface area contributed by atoms with Crippen LogP contribution in [-0.4, -0.2) is 118 Å². The standard InChI is InChI=1S/C29H50N10O10/c1-14(2)12-18(38-26(46)19(13-21(31)40)37-24(44)16(30)8-9-22(41)42)25(45)35-15(3)23(43)36-17(6-4-10-34-29(32)33)27(47)39-11-5-7-20(39)28(48)49/h14-20H,4-13,30H2,1-3H3,(H2,31,40)(H,35,45)(H,36,43)(H,37,44)(H,38,46)(H,41,42)(H,48,49)(H4,32,33,34)/t15-,16-,17-,18-,19-,20-/m0/s1. The molecule has 1 rings (SSSR count). The van der Waals surface area contributed by atoms with Crippen LogP contribution in [0.2, 0.25) is 0 Å². The van der Waals surface area contributed by atoms with E-state index in [4.69, 9.17) is 28.0 Å². The fourth-order valence-electron chi connectivity index (χ4n) is 5.00. The van der Waals surface area contributed by atoms with Crippen molar-refractivity contribution in [2.75, 3.05) is 13.1 Å². The Kier molecular flexibility index (Phi) is 17.5. The van der Waals surface area contributed by atoms with Crippen LogP contribution < -0.4 is 44.2 Å². The molecule has 0 bridgehead atoms. The van der Waals surface area contributed by atoms with E-state index in [-0.39, 0.29) is 57.1 Å². The number of nitrogens with one attached hydrogen (secondary N) is 4. The number of carboxylic acids is 2. The first-order valence-electron chi connectivity index (χ1n) is 15.9. The van der Waals surface area contributed by atoms with Gasteiger partial charge in [0.25, 0.3) is 0 Å². The molecule has 0 saturated carbocycles. The summed E-state index contributed by atoms with van der Waals surface area (Å²) in [6, 6.07) is -7.56. The van der Waals surface area contributed by atoms with Crippen LogP contribution in [0.3, 0.4) is 0 Å². The largest absolute Gasteiger partial charge is 0.481 e. The number of hydrogen-bond acceptors (Lipinski definition) is 10. The summed E-state index contributed by atoms with van der Waals surface area (Å²) >= 11 is 0.